The third kappa shape index (κ3) is 5.23. The van der Waals surface area contributed by atoms with Crippen molar-refractivity contribution < 1.29 is 9.53 Å². The highest BCUT2D eigenvalue weighted by molar-refractivity contribution is 5.68. The van der Waals surface area contributed by atoms with E-state index in [4.69, 9.17) is 14.7 Å². The molecule has 0 saturated heterocycles. The topological polar surface area (TPSA) is 76.1 Å². The molecule has 36 heavy (non-hydrogen) atoms. The molecule has 1 aliphatic carbocycles. The number of esters is 1. The minimum absolute atomic E-state index is 0.0804. The van der Waals surface area contributed by atoms with Gasteiger partial charge in [-0.2, -0.15) is 4.98 Å². The van der Waals surface area contributed by atoms with Crippen LogP contribution in [0.1, 0.15) is 50.3 Å². The molecule has 1 fully saturated rings. The first-order valence-electron chi connectivity index (χ1n) is 12.3. The van der Waals surface area contributed by atoms with Crippen LogP contribution in [-0.2, 0) is 15.1 Å². The number of hydrogen-bond donors (Lipinski definition) is 2. The summed E-state index contributed by atoms with van der Waals surface area (Å²) in [5.74, 6) is 1.00. The lowest BCUT2D eigenvalue weighted by Crippen LogP contribution is -2.38. The molecule has 1 aliphatic rings. The zero-order valence-electron chi connectivity index (χ0n) is 20.6. The molecule has 1 heterocycles. The average Bonchev–Trinajstić information content (AvgIpc) is 2.87. The van der Waals surface area contributed by atoms with Gasteiger partial charge in [0.1, 0.15) is 11.4 Å². The van der Waals surface area contributed by atoms with Gasteiger partial charge in [0.2, 0.25) is 5.95 Å². The van der Waals surface area contributed by atoms with Gasteiger partial charge < -0.3 is 15.4 Å². The van der Waals surface area contributed by atoms with Gasteiger partial charge in [0, 0.05) is 30.3 Å². The number of benzene rings is 3. The fraction of sp³-hybridized carbons (Fsp3) is 0.233. The van der Waals surface area contributed by atoms with Crippen molar-refractivity contribution in [2.24, 2.45) is 0 Å². The van der Waals surface area contributed by atoms with E-state index >= 15 is 0 Å². The van der Waals surface area contributed by atoms with Crippen molar-refractivity contribution in [3.8, 4) is 11.3 Å². The van der Waals surface area contributed by atoms with Crippen LogP contribution in [0.4, 0.5) is 17.5 Å². The van der Waals surface area contributed by atoms with Gasteiger partial charge in [-0.1, -0.05) is 72.8 Å². The summed E-state index contributed by atoms with van der Waals surface area (Å²) < 4.78 is 5.68. The van der Waals surface area contributed by atoms with Gasteiger partial charge >= 0.3 is 5.97 Å². The van der Waals surface area contributed by atoms with Crippen LogP contribution in [0.3, 0.4) is 0 Å². The molecule has 2 N–H and O–H groups in total. The van der Waals surface area contributed by atoms with Gasteiger partial charge in [-0.05, 0) is 49.4 Å². The van der Waals surface area contributed by atoms with Gasteiger partial charge in [0.05, 0.1) is 5.69 Å². The Morgan fingerprint density at radius 2 is 1.58 bits per heavy atom. The number of nitrogens with zero attached hydrogens (tertiary/aromatic N) is 2. The predicted octanol–water partition coefficient (Wildman–Crippen LogP) is 7.00. The van der Waals surface area contributed by atoms with Crippen LogP contribution in [0, 0.1) is 0 Å². The Balaban J connectivity index is 1.41. The zero-order valence-corrected chi connectivity index (χ0v) is 20.6. The zero-order chi connectivity index (χ0) is 25.0. The van der Waals surface area contributed by atoms with E-state index in [0.717, 1.165) is 47.6 Å². The summed E-state index contributed by atoms with van der Waals surface area (Å²) in [6.45, 7) is 3.59. The van der Waals surface area contributed by atoms with E-state index < -0.39 is 5.60 Å². The normalized spacial score (nSPS) is 14.8. The number of aromatic nitrogens is 2. The Morgan fingerprint density at radius 1 is 0.917 bits per heavy atom. The molecule has 5 rings (SSSR count). The molecule has 6 heteroatoms. The lowest BCUT2D eigenvalue weighted by molar-refractivity contribution is -0.168. The van der Waals surface area contributed by atoms with Gasteiger partial charge in [-0.25, -0.2) is 4.98 Å². The summed E-state index contributed by atoms with van der Waals surface area (Å²) in [5.41, 5.74) is 4.42. The van der Waals surface area contributed by atoms with Crippen LogP contribution in [0.5, 0.6) is 0 Å². The summed E-state index contributed by atoms with van der Waals surface area (Å²) in [5, 5.41) is 6.87. The van der Waals surface area contributed by atoms with Crippen molar-refractivity contribution in [2.75, 3.05) is 10.6 Å². The molecule has 1 saturated carbocycles. The predicted molar refractivity (Wildman–Crippen MR) is 143 cm³/mol. The van der Waals surface area contributed by atoms with Gasteiger partial charge in [-0.15, -0.1) is 0 Å². The number of anilines is 3. The molecule has 0 amide bonds. The molecule has 1 aromatic heterocycles. The van der Waals surface area contributed by atoms with Crippen LogP contribution >= 0.6 is 0 Å². The standard InChI is InChI=1S/C30H30N4O2/c1-21(23-10-5-3-6-11-23)31-28-20-27(24-12-7-4-8-13-24)33-29(34-28)32-26-16-14-25(15-17-26)30(18-9-19-30)36-22(2)35/h3-8,10-17,20-21H,9,18-19H2,1-2H3,(H2,31,32,33,34)/t21-/m1/s1. The molecule has 0 bridgehead atoms. The Labute approximate surface area is 211 Å². The third-order valence-electron chi connectivity index (χ3n) is 6.63. The fourth-order valence-corrected chi connectivity index (χ4v) is 4.59. The van der Waals surface area contributed by atoms with Crippen molar-refractivity contribution in [3.63, 3.8) is 0 Å². The number of nitrogens with one attached hydrogen (secondary N) is 2. The van der Waals surface area contributed by atoms with Crippen LogP contribution in [0.25, 0.3) is 11.3 Å². The molecule has 1 atom stereocenters. The first kappa shape index (κ1) is 23.5. The lowest BCUT2D eigenvalue weighted by Gasteiger charge is -2.41. The Kier molecular flexibility index (Phi) is 6.67. The van der Waals surface area contributed by atoms with E-state index in [1.165, 1.54) is 12.5 Å². The number of ether oxygens (including phenoxy) is 1. The molecular formula is C30H30N4O2. The highest BCUT2D eigenvalue weighted by Crippen LogP contribution is 2.45. The second-order valence-corrected chi connectivity index (χ2v) is 9.25. The van der Waals surface area contributed by atoms with E-state index in [9.17, 15) is 4.79 Å². The fourth-order valence-electron chi connectivity index (χ4n) is 4.59. The van der Waals surface area contributed by atoms with Crippen LogP contribution < -0.4 is 10.6 Å². The van der Waals surface area contributed by atoms with E-state index in [2.05, 4.69) is 29.7 Å². The van der Waals surface area contributed by atoms with Crippen LogP contribution in [-0.4, -0.2) is 15.9 Å². The second kappa shape index (κ2) is 10.2. The average molecular weight is 479 g/mol. The van der Waals surface area contributed by atoms with Crippen molar-refractivity contribution in [2.45, 2.75) is 44.8 Å². The minimum atomic E-state index is -0.487. The molecule has 4 aromatic rings. The van der Waals surface area contributed by atoms with Gasteiger partial charge in [0.25, 0.3) is 0 Å². The Hall–Kier alpha value is -4.19. The Bertz CT molecular complexity index is 1320. The van der Waals surface area contributed by atoms with Crippen molar-refractivity contribution >= 4 is 23.4 Å². The smallest absolute Gasteiger partial charge is 0.303 e. The third-order valence-corrected chi connectivity index (χ3v) is 6.63. The second-order valence-electron chi connectivity index (χ2n) is 9.25. The van der Waals surface area contributed by atoms with E-state index in [1.807, 2.05) is 78.9 Å². The van der Waals surface area contributed by atoms with Gasteiger partial charge in [0.15, 0.2) is 0 Å². The number of hydrogen-bond acceptors (Lipinski definition) is 6. The number of carbonyl (C=O) groups is 1. The highest BCUT2D eigenvalue weighted by Gasteiger charge is 2.41. The molecule has 0 spiro atoms. The minimum Gasteiger partial charge on any atom is -0.454 e. The maximum Gasteiger partial charge on any atom is 0.303 e. The SMILES string of the molecule is CC(=O)OC1(c2ccc(Nc3nc(N[C@H](C)c4ccccc4)cc(-c4ccccc4)n3)cc2)CCC1. The monoisotopic (exact) mass is 478 g/mol. The number of carbonyl (C=O) groups excluding carboxylic acids is 1. The maximum absolute atomic E-state index is 11.6. The molecular weight excluding hydrogens is 448 g/mol. The summed E-state index contributed by atoms with van der Waals surface area (Å²) >= 11 is 0. The maximum atomic E-state index is 11.6. The number of rotatable bonds is 8. The van der Waals surface area contributed by atoms with Crippen LogP contribution in [0.2, 0.25) is 0 Å². The summed E-state index contributed by atoms with van der Waals surface area (Å²) in [7, 11) is 0. The molecule has 0 unspecified atom stereocenters. The lowest BCUT2D eigenvalue weighted by atomic mass is 9.75. The largest absolute Gasteiger partial charge is 0.454 e. The summed E-state index contributed by atoms with van der Waals surface area (Å²) in [6.07, 6.45) is 2.77. The molecule has 0 aliphatic heterocycles. The van der Waals surface area contributed by atoms with Gasteiger partial charge in [-0.3, -0.25) is 4.79 Å². The van der Waals surface area contributed by atoms with E-state index in [1.54, 1.807) is 0 Å². The molecule has 3 aromatic carbocycles. The summed E-state index contributed by atoms with van der Waals surface area (Å²) in [4.78, 5) is 21.2. The van der Waals surface area contributed by atoms with Crippen molar-refractivity contribution in [1.29, 1.82) is 0 Å². The molecule has 6 nitrogen and oxygen atoms in total. The van der Waals surface area contributed by atoms with E-state index in [-0.39, 0.29) is 12.0 Å². The first-order chi connectivity index (χ1) is 17.5. The van der Waals surface area contributed by atoms with Crippen molar-refractivity contribution in [1.82, 2.24) is 9.97 Å². The summed E-state index contributed by atoms with van der Waals surface area (Å²) in [6, 6.07) is 30.4. The Morgan fingerprint density at radius 3 is 2.19 bits per heavy atom. The molecule has 0 radical (unpaired) electrons. The first-order valence-corrected chi connectivity index (χ1v) is 12.3. The quantitative estimate of drug-likeness (QED) is 0.266. The highest BCUT2D eigenvalue weighted by atomic mass is 16.6. The molecule has 182 valence electrons. The van der Waals surface area contributed by atoms with Crippen LogP contribution in [0.15, 0.2) is 91.0 Å². The van der Waals surface area contributed by atoms with E-state index in [0.29, 0.717) is 5.95 Å². The van der Waals surface area contributed by atoms with Crippen molar-refractivity contribution in [3.05, 3.63) is 102 Å².